The van der Waals surface area contributed by atoms with Gasteiger partial charge in [-0.1, -0.05) is 24.3 Å². The van der Waals surface area contributed by atoms with Gasteiger partial charge in [0.25, 0.3) is 5.91 Å². The summed E-state index contributed by atoms with van der Waals surface area (Å²) in [4.78, 5) is 21.8. The van der Waals surface area contributed by atoms with Gasteiger partial charge in [-0.05, 0) is 66.7 Å². The standard InChI is InChI=1S/C23H25N3O2S/c1-5-26-22(27)21(8-6-7-17-9-13-19(14-10-17)25(2)3)29-23(26)24-18-11-15-20(28-4)16-12-18/h6-16H,5H2,1-4H3/b7-6+,21-8+,24-23?. The monoisotopic (exact) mass is 407 g/mol. The molecule has 0 aliphatic carbocycles. The van der Waals surface area contributed by atoms with Crippen molar-refractivity contribution in [1.82, 2.24) is 4.90 Å². The zero-order valence-corrected chi connectivity index (χ0v) is 17.9. The highest BCUT2D eigenvalue weighted by Crippen LogP contribution is 2.33. The topological polar surface area (TPSA) is 45.1 Å². The van der Waals surface area contributed by atoms with E-state index in [4.69, 9.17) is 4.74 Å². The Balaban J connectivity index is 1.75. The Hall–Kier alpha value is -2.99. The zero-order valence-electron chi connectivity index (χ0n) is 17.1. The summed E-state index contributed by atoms with van der Waals surface area (Å²) in [5.74, 6) is 0.762. The third kappa shape index (κ3) is 5.09. The molecule has 0 radical (unpaired) electrons. The van der Waals surface area contributed by atoms with Gasteiger partial charge in [0.1, 0.15) is 5.75 Å². The van der Waals surface area contributed by atoms with Gasteiger partial charge >= 0.3 is 0 Å². The maximum absolute atomic E-state index is 12.7. The average Bonchev–Trinajstić information content (AvgIpc) is 3.03. The number of ether oxygens (including phenoxy) is 1. The van der Waals surface area contributed by atoms with Crippen LogP contribution in [0.3, 0.4) is 0 Å². The molecule has 0 N–H and O–H groups in total. The Morgan fingerprint density at radius 3 is 2.38 bits per heavy atom. The van der Waals surface area contributed by atoms with E-state index >= 15 is 0 Å². The molecular weight excluding hydrogens is 382 g/mol. The van der Waals surface area contributed by atoms with Crippen LogP contribution in [0.4, 0.5) is 11.4 Å². The van der Waals surface area contributed by atoms with Crippen molar-refractivity contribution in [3.63, 3.8) is 0 Å². The summed E-state index contributed by atoms with van der Waals surface area (Å²) >= 11 is 1.40. The molecule has 1 heterocycles. The molecule has 0 aromatic heterocycles. The third-order valence-electron chi connectivity index (χ3n) is 4.45. The van der Waals surface area contributed by atoms with Crippen LogP contribution in [0, 0.1) is 0 Å². The van der Waals surface area contributed by atoms with Gasteiger partial charge in [0.05, 0.1) is 17.7 Å². The molecule has 0 bridgehead atoms. The summed E-state index contributed by atoms with van der Waals surface area (Å²) < 4.78 is 5.18. The quantitative estimate of drug-likeness (QED) is 0.636. The number of anilines is 1. The molecule has 0 unspecified atom stereocenters. The van der Waals surface area contributed by atoms with Crippen molar-refractivity contribution in [2.24, 2.45) is 4.99 Å². The van der Waals surface area contributed by atoms with Gasteiger partial charge in [0, 0.05) is 26.3 Å². The van der Waals surface area contributed by atoms with Crippen LogP contribution in [-0.2, 0) is 4.79 Å². The molecule has 1 fully saturated rings. The first kappa shape index (κ1) is 20.7. The number of thioether (sulfide) groups is 1. The van der Waals surface area contributed by atoms with E-state index in [1.807, 2.05) is 63.5 Å². The van der Waals surface area contributed by atoms with E-state index in [1.54, 1.807) is 12.0 Å². The molecule has 6 heteroatoms. The van der Waals surface area contributed by atoms with Crippen molar-refractivity contribution < 1.29 is 9.53 Å². The summed E-state index contributed by atoms with van der Waals surface area (Å²) in [5, 5.41) is 0.692. The third-order valence-corrected chi connectivity index (χ3v) is 5.47. The molecule has 0 atom stereocenters. The fraction of sp³-hybridized carbons (Fsp3) is 0.217. The van der Waals surface area contributed by atoms with Crippen molar-refractivity contribution in [1.29, 1.82) is 0 Å². The first-order valence-electron chi connectivity index (χ1n) is 9.40. The molecule has 1 saturated heterocycles. The minimum absolute atomic E-state index is 0.0163. The molecule has 1 aliphatic heterocycles. The molecular formula is C23H25N3O2S. The van der Waals surface area contributed by atoms with Crippen LogP contribution in [0.1, 0.15) is 12.5 Å². The second kappa shape index (κ2) is 9.47. The van der Waals surface area contributed by atoms with Gasteiger partial charge in [-0.3, -0.25) is 9.69 Å². The van der Waals surface area contributed by atoms with Crippen LogP contribution in [0.25, 0.3) is 6.08 Å². The molecule has 150 valence electrons. The largest absolute Gasteiger partial charge is 0.497 e. The summed E-state index contributed by atoms with van der Waals surface area (Å²) in [5.41, 5.74) is 3.03. The van der Waals surface area contributed by atoms with Crippen LogP contribution in [0.15, 0.2) is 70.6 Å². The number of carbonyl (C=O) groups is 1. The molecule has 2 aromatic carbocycles. The fourth-order valence-electron chi connectivity index (χ4n) is 2.78. The highest BCUT2D eigenvalue weighted by Gasteiger charge is 2.31. The van der Waals surface area contributed by atoms with E-state index in [1.165, 1.54) is 11.8 Å². The minimum atomic E-state index is -0.0163. The van der Waals surface area contributed by atoms with Gasteiger partial charge in [-0.15, -0.1) is 0 Å². The molecule has 0 saturated carbocycles. The van der Waals surface area contributed by atoms with Crippen molar-refractivity contribution in [2.75, 3.05) is 32.6 Å². The number of hydrogen-bond donors (Lipinski definition) is 0. The number of allylic oxidation sites excluding steroid dienone is 2. The minimum Gasteiger partial charge on any atom is -0.497 e. The molecule has 1 amide bonds. The van der Waals surface area contributed by atoms with Crippen LogP contribution in [-0.4, -0.2) is 43.7 Å². The lowest BCUT2D eigenvalue weighted by Gasteiger charge is -2.12. The summed E-state index contributed by atoms with van der Waals surface area (Å²) in [6.45, 7) is 2.53. The molecule has 5 nitrogen and oxygen atoms in total. The number of aliphatic imine (C=N–C) groups is 1. The van der Waals surface area contributed by atoms with Crippen LogP contribution >= 0.6 is 11.8 Å². The normalized spacial score (nSPS) is 17.0. The van der Waals surface area contributed by atoms with E-state index in [0.717, 1.165) is 22.7 Å². The lowest BCUT2D eigenvalue weighted by Crippen LogP contribution is -2.28. The van der Waals surface area contributed by atoms with Crippen molar-refractivity contribution in [2.45, 2.75) is 6.92 Å². The molecule has 3 rings (SSSR count). The maximum Gasteiger partial charge on any atom is 0.266 e. The van der Waals surface area contributed by atoms with Crippen LogP contribution in [0.2, 0.25) is 0 Å². The van der Waals surface area contributed by atoms with Gasteiger partial charge in [0.2, 0.25) is 0 Å². The highest BCUT2D eigenvalue weighted by atomic mass is 32.2. The number of rotatable bonds is 6. The van der Waals surface area contributed by atoms with Crippen LogP contribution < -0.4 is 9.64 Å². The van der Waals surface area contributed by atoms with Crippen molar-refractivity contribution in [3.05, 3.63) is 71.2 Å². The average molecular weight is 408 g/mol. The predicted molar refractivity (Wildman–Crippen MR) is 123 cm³/mol. The summed E-state index contributed by atoms with van der Waals surface area (Å²) in [7, 11) is 5.66. The molecule has 0 spiro atoms. The maximum atomic E-state index is 12.7. The predicted octanol–water partition coefficient (Wildman–Crippen LogP) is 4.94. The van der Waals surface area contributed by atoms with E-state index in [-0.39, 0.29) is 5.91 Å². The van der Waals surface area contributed by atoms with Crippen molar-refractivity contribution >= 4 is 40.3 Å². The van der Waals surface area contributed by atoms with E-state index in [9.17, 15) is 4.79 Å². The lowest BCUT2D eigenvalue weighted by atomic mass is 10.2. The Morgan fingerprint density at radius 2 is 1.79 bits per heavy atom. The molecule has 1 aliphatic rings. The number of benzene rings is 2. The van der Waals surface area contributed by atoms with Crippen molar-refractivity contribution in [3.8, 4) is 5.75 Å². The number of nitrogens with zero attached hydrogens (tertiary/aromatic N) is 3. The SMILES string of the molecule is CCN1C(=O)/C(=C\C=C\c2ccc(N(C)C)cc2)SC1=Nc1ccc(OC)cc1. The first-order valence-corrected chi connectivity index (χ1v) is 10.2. The Morgan fingerprint density at radius 1 is 1.10 bits per heavy atom. The number of likely N-dealkylation sites (N-methyl/N-ethyl adjacent to an activating group) is 1. The lowest BCUT2D eigenvalue weighted by molar-refractivity contribution is -0.122. The Kier molecular flexibility index (Phi) is 6.77. The fourth-order valence-corrected chi connectivity index (χ4v) is 3.80. The number of amides is 1. The van der Waals surface area contributed by atoms with Gasteiger partial charge < -0.3 is 9.64 Å². The Labute approximate surface area is 176 Å². The number of hydrogen-bond acceptors (Lipinski definition) is 5. The summed E-state index contributed by atoms with van der Waals surface area (Å²) in [6, 6.07) is 15.7. The smallest absolute Gasteiger partial charge is 0.266 e. The zero-order chi connectivity index (χ0) is 20.8. The second-order valence-corrected chi connectivity index (χ2v) is 7.63. The van der Waals surface area contributed by atoms with Crippen LogP contribution in [0.5, 0.6) is 5.75 Å². The number of amidine groups is 1. The first-order chi connectivity index (χ1) is 14.0. The Bertz CT molecular complexity index is 945. The number of methoxy groups -OCH3 is 1. The van der Waals surface area contributed by atoms with Gasteiger partial charge in [0.15, 0.2) is 5.17 Å². The van der Waals surface area contributed by atoms with E-state index in [0.29, 0.717) is 16.6 Å². The van der Waals surface area contributed by atoms with E-state index in [2.05, 4.69) is 34.2 Å². The molecule has 2 aromatic rings. The summed E-state index contributed by atoms with van der Waals surface area (Å²) in [6.07, 6.45) is 5.76. The highest BCUT2D eigenvalue weighted by molar-refractivity contribution is 8.18. The molecule has 29 heavy (non-hydrogen) atoms. The van der Waals surface area contributed by atoms with Gasteiger partial charge in [-0.25, -0.2) is 4.99 Å². The number of carbonyl (C=O) groups excluding carboxylic acids is 1. The second-order valence-electron chi connectivity index (χ2n) is 6.62. The van der Waals surface area contributed by atoms with Gasteiger partial charge in [-0.2, -0.15) is 0 Å². The van der Waals surface area contributed by atoms with E-state index < -0.39 is 0 Å².